The lowest BCUT2D eigenvalue weighted by Crippen LogP contribution is -2.36. The van der Waals surface area contributed by atoms with Crippen molar-refractivity contribution in [3.05, 3.63) is 58.4 Å². The molecule has 0 saturated carbocycles. The Balaban J connectivity index is 0.00000312. The van der Waals surface area contributed by atoms with Crippen LogP contribution in [0.15, 0.2) is 46.4 Å². The molecule has 1 aromatic carbocycles. The summed E-state index contributed by atoms with van der Waals surface area (Å²) in [5.41, 5.74) is 3.57. The first-order valence-electron chi connectivity index (χ1n) is 7.88. The quantitative estimate of drug-likeness (QED) is 0.204. The van der Waals surface area contributed by atoms with E-state index < -0.39 is 0 Å². The van der Waals surface area contributed by atoms with E-state index in [-0.39, 0.29) is 24.0 Å². The number of nitrogens with zero attached hydrogens (tertiary/aromatic N) is 2. The highest BCUT2D eigenvalue weighted by Gasteiger charge is 2.04. The van der Waals surface area contributed by atoms with Crippen molar-refractivity contribution in [3.63, 3.8) is 0 Å². The first kappa shape index (κ1) is 22.1. The van der Waals surface area contributed by atoms with Gasteiger partial charge in [0, 0.05) is 24.2 Å². The van der Waals surface area contributed by atoms with Gasteiger partial charge in [0.05, 0.1) is 6.54 Å². The predicted molar refractivity (Wildman–Crippen MR) is 119 cm³/mol. The van der Waals surface area contributed by atoms with E-state index in [4.69, 9.17) is 11.6 Å². The second kappa shape index (κ2) is 11.6. The minimum absolute atomic E-state index is 0. The molecule has 4 nitrogen and oxygen atoms in total. The van der Waals surface area contributed by atoms with Gasteiger partial charge in [-0.2, -0.15) is 0 Å². The van der Waals surface area contributed by atoms with E-state index in [9.17, 15) is 0 Å². The number of hydrogen-bond acceptors (Lipinski definition) is 3. The van der Waals surface area contributed by atoms with Gasteiger partial charge in [0.25, 0.3) is 0 Å². The second-order valence-corrected chi connectivity index (χ2v) is 6.59. The smallest absolute Gasteiger partial charge is 0.191 e. The Labute approximate surface area is 176 Å². The van der Waals surface area contributed by atoms with Gasteiger partial charge in [-0.15, -0.1) is 35.7 Å². The lowest BCUT2D eigenvalue weighted by molar-refractivity contribution is 0.806. The molecule has 0 fully saturated rings. The molecule has 136 valence electrons. The number of hydrogen-bond donors (Lipinski definition) is 2. The number of benzene rings is 1. The zero-order valence-corrected chi connectivity index (χ0v) is 18.6. The van der Waals surface area contributed by atoms with Crippen molar-refractivity contribution in [1.82, 2.24) is 15.6 Å². The number of aryl methyl sites for hydroxylation is 1. The molecule has 2 aromatic rings. The molecule has 25 heavy (non-hydrogen) atoms. The summed E-state index contributed by atoms with van der Waals surface area (Å²) < 4.78 is 0. The van der Waals surface area contributed by atoms with Crippen LogP contribution in [0, 0.1) is 6.92 Å². The number of aromatic nitrogens is 1. The topological polar surface area (TPSA) is 49.3 Å². The summed E-state index contributed by atoms with van der Waals surface area (Å²) in [4.78, 5) is 9.98. The number of thioether (sulfide) groups is 1. The normalized spacial score (nSPS) is 11.0. The third-order valence-corrected chi connectivity index (χ3v) is 4.48. The van der Waals surface area contributed by atoms with E-state index in [2.05, 4.69) is 58.9 Å². The van der Waals surface area contributed by atoms with Crippen molar-refractivity contribution in [1.29, 1.82) is 0 Å². The highest BCUT2D eigenvalue weighted by atomic mass is 127. The highest BCUT2D eigenvalue weighted by molar-refractivity contribution is 14.0. The average Bonchev–Trinajstić information content (AvgIpc) is 2.59. The van der Waals surface area contributed by atoms with Crippen LogP contribution in [0.5, 0.6) is 0 Å². The van der Waals surface area contributed by atoms with Gasteiger partial charge >= 0.3 is 0 Å². The first-order valence-corrected chi connectivity index (χ1v) is 9.48. The van der Waals surface area contributed by atoms with Crippen LogP contribution in [0.2, 0.25) is 5.15 Å². The van der Waals surface area contributed by atoms with Gasteiger partial charge in [-0.3, -0.25) is 0 Å². The van der Waals surface area contributed by atoms with Crippen molar-refractivity contribution in [2.24, 2.45) is 4.99 Å². The van der Waals surface area contributed by atoms with Gasteiger partial charge in [-0.05, 0) is 48.9 Å². The largest absolute Gasteiger partial charge is 0.357 e. The molecule has 7 heteroatoms. The molecule has 2 rings (SSSR count). The number of pyridine rings is 1. The van der Waals surface area contributed by atoms with E-state index >= 15 is 0 Å². The molecule has 0 unspecified atom stereocenters. The molecule has 0 amide bonds. The van der Waals surface area contributed by atoms with Crippen LogP contribution in [-0.2, 0) is 13.1 Å². The van der Waals surface area contributed by atoms with Crippen LogP contribution >= 0.6 is 47.3 Å². The van der Waals surface area contributed by atoms with Crippen LogP contribution < -0.4 is 10.6 Å². The molecular formula is C18H24ClIN4S. The molecule has 0 saturated heterocycles. The van der Waals surface area contributed by atoms with E-state index in [1.165, 1.54) is 16.0 Å². The molecule has 0 aliphatic rings. The molecule has 2 N–H and O–H groups in total. The zero-order chi connectivity index (χ0) is 17.4. The zero-order valence-electron chi connectivity index (χ0n) is 14.7. The molecule has 1 heterocycles. The lowest BCUT2D eigenvalue weighted by atomic mass is 10.1. The van der Waals surface area contributed by atoms with E-state index in [1.54, 1.807) is 24.0 Å². The van der Waals surface area contributed by atoms with Gasteiger partial charge < -0.3 is 10.6 Å². The predicted octanol–water partition coefficient (Wildman–Crippen LogP) is 4.64. The summed E-state index contributed by atoms with van der Waals surface area (Å²) >= 11 is 7.57. The maximum absolute atomic E-state index is 5.81. The number of rotatable bonds is 6. The Hall–Kier alpha value is -0.990. The van der Waals surface area contributed by atoms with Crippen molar-refractivity contribution >= 4 is 53.3 Å². The van der Waals surface area contributed by atoms with Gasteiger partial charge in [0.15, 0.2) is 5.96 Å². The molecule has 0 aliphatic heterocycles. The molecule has 0 radical (unpaired) electrons. The molecular weight excluding hydrogens is 467 g/mol. The van der Waals surface area contributed by atoms with Gasteiger partial charge in [-0.25, -0.2) is 9.98 Å². The maximum Gasteiger partial charge on any atom is 0.191 e. The van der Waals surface area contributed by atoms with E-state index in [0.29, 0.717) is 11.7 Å². The second-order valence-electron chi connectivity index (χ2n) is 5.35. The SMILES string of the molecule is CCNC(=NCc1ccc(Cl)nc1)NCc1ccc(C)cc1SC.I. The average molecular weight is 491 g/mol. The van der Waals surface area contributed by atoms with Crippen molar-refractivity contribution < 1.29 is 0 Å². The summed E-state index contributed by atoms with van der Waals surface area (Å²) in [6.45, 7) is 6.28. The van der Waals surface area contributed by atoms with Crippen molar-refractivity contribution in [3.8, 4) is 0 Å². The van der Waals surface area contributed by atoms with Gasteiger partial charge in [-0.1, -0.05) is 29.8 Å². The number of aliphatic imine (C=N–C) groups is 1. The Bertz CT molecular complexity index is 692. The van der Waals surface area contributed by atoms with Crippen LogP contribution in [0.25, 0.3) is 0 Å². The Morgan fingerprint density at radius 3 is 2.68 bits per heavy atom. The summed E-state index contributed by atoms with van der Waals surface area (Å²) in [7, 11) is 0. The molecule has 1 aromatic heterocycles. The lowest BCUT2D eigenvalue weighted by Gasteiger charge is -2.13. The molecule has 0 bridgehead atoms. The Morgan fingerprint density at radius 2 is 2.04 bits per heavy atom. The fourth-order valence-electron chi connectivity index (χ4n) is 2.19. The van der Waals surface area contributed by atoms with Crippen LogP contribution in [-0.4, -0.2) is 23.7 Å². The third kappa shape index (κ3) is 7.42. The first-order chi connectivity index (χ1) is 11.6. The van der Waals surface area contributed by atoms with Gasteiger partial charge in [0.2, 0.25) is 0 Å². The maximum atomic E-state index is 5.81. The number of guanidine groups is 1. The fraction of sp³-hybridized carbons (Fsp3) is 0.333. The monoisotopic (exact) mass is 490 g/mol. The molecule has 0 spiro atoms. The number of nitrogens with one attached hydrogen (secondary N) is 2. The Kier molecular flexibility index (Phi) is 10.2. The summed E-state index contributed by atoms with van der Waals surface area (Å²) in [6.07, 6.45) is 3.85. The summed E-state index contributed by atoms with van der Waals surface area (Å²) in [5, 5.41) is 7.16. The minimum atomic E-state index is 0. The van der Waals surface area contributed by atoms with Crippen LogP contribution in [0.1, 0.15) is 23.6 Å². The highest BCUT2D eigenvalue weighted by Crippen LogP contribution is 2.21. The summed E-state index contributed by atoms with van der Waals surface area (Å²) in [5.74, 6) is 0.792. The van der Waals surface area contributed by atoms with Crippen LogP contribution in [0.4, 0.5) is 0 Å². The fourth-order valence-corrected chi connectivity index (χ4v) is 3.01. The summed E-state index contributed by atoms with van der Waals surface area (Å²) in [6, 6.07) is 10.2. The van der Waals surface area contributed by atoms with Crippen molar-refractivity contribution in [2.45, 2.75) is 31.8 Å². The van der Waals surface area contributed by atoms with Crippen molar-refractivity contribution in [2.75, 3.05) is 12.8 Å². The van der Waals surface area contributed by atoms with Gasteiger partial charge in [0.1, 0.15) is 5.15 Å². The van der Waals surface area contributed by atoms with E-state index in [1.807, 2.05) is 6.07 Å². The Morgan fingerprint density at radius 1 is 1.24 bits per heavy atom. The minimum Gasteiger partial charge on any atom is -0.357 e. The standard InChI is InChI=1S/C18H23ClN4S.HI/c1-4-20-18(22-11-14-6-8-17(19)21-10-14)23-12-15-7-5-13(2)9-16(15)24-3;/h5-10H,4,11-12H2,1-3H3,(H2,20,22,23);1H. The van der Waals surface area contributed by atoms with E-state index in [0.717, 1.165) is 24.6 Å². The third-order valence-electron chi connectivity index (χ3n) is 3.44. The molecule has 0 atom stereocenters. The molecule has 0 aliphatic carbocycles. The number of halogens is 2. The van der Waals surface area contributed by atoms with Crippen LogP contribution in [0.3, 0.4) is 0 Å².